The second kappa shape index (κ2) is 32.3. The van der Waals surface area contributed by atoms with Gasteiger partial charge in [0.2, 0.25) is 53.2 Å². The Morgan fingerprint density at radius 2 is 1.30 bits per heavy atom. The summed E-state index contributed by atoms with van der Waals surface area (Å²) in [7, 11) is 0. The standard InChI is InChI=1S/C54H73ClN16O10/c1-31(72)65-39(19-10-24-62-53(57)58)47(75)68-41-21-22-45(73)61-23-9-18-38(46(56)74)66-50(78)43(27-34-28-64-37-17-8-6-15-35(34)37)69-48(76)40(20-11-25-63-54(59)60)67-51(79)42(26-33-14-5-7-16-36(33)55)70-52(80)44(71-49(41)77)30-81-29-32-12-3-2-4-13-32/h2-8,12-17,28,38-44,64H,9-11,18-27,29-30H2,1H3,(H2,56,74)(H,61,73)(H,65,72)(H,66,78)(H,67,79)(H,68,75)(H,69,76)(H,70,80)(H,71,77)(H4,57,58,62)(H4,59,60,63)/t38-,39-,40-,41-,42+,43-,44-/m0/s1. The van der Waals surface area contributed by atoms with Crippen molar-refractivity contribution in [2.24, 2.45) is 17.2 Å². The molecular formula is C54H73ClN16O10. The van der Waals surface area contributed by atoms with Crippen LogP contribution in [0.4, 0.5) is 0 Å². The van der Waals surface area contributed by atoms with E-state index in [1.54, 1.807) is 66.9 Å². The maximum Gasteiger partial charge on any atom is 0.245 e. The van der Waals surface area contributed by atoms with E-state index in [0.29, 0.717) is 16.7 Å². The third kappa shape index (κ3) is 21.4. The molecule has 81 heavy (non-hydrogen) atoms. The number of para-hydroxylation sites is 1. The molecule has 26 nitrogen and oxygen atoms in total. The van der Waals surface area contributed by atoms with Gasteiger partial charge in [-0.15, -0.1) is 0 Å². The molecule has 9 amide bonds. The lowest BCUT2D eigenvalue weighted by atomic mass is 10.0. The number of rotatable bonds is 20. The maximum atomic E-state index is 14.9. The van der Waals surface area contributed by atoms with Gasteiger partial charge in [0, 0.05) is 67.9 Å². The highest BCUT2D eigenvalue weighted by atomic mass is 35.5. The van der Waals surface area contributed by atoms with Crippen molar-refractivity contribution in [2.75, 3.05) is 26.2 Å². The number of hydrogen-bond donors (Lipinski definition) is 16. The molecule has 2 heterocycles. The number of aromatic amines is 1. The van der Waals surface area contributed by atoms with Gasteiger partial charge >= 0.3 is 0 Å². The Balaban J connectivity index is 1.56. The van der Waals surface area contributed by atoms with Gasteiger partial charge in [0.15, 0.2) is 11.9 Å². The molecule has 0 saturated carbocycles. The molecule has 19 N–H and O–H groups in total. The van der Waals surface area contributed by atoms with Gasteiger partial charge < -0.3 is 80.1 Å². The number of benzene rings is 3. The van der Waals surface area contributed by atoms with Crippen LogP contribution in [0.2, 0.25) is 5.02 Å². The zero-order valence-electron chi connectivity index (χ0n) is 44.9. The number of carbonyl (C=O) groups excluding carboxylic acids is 9. The fourth-order valence-corrected chi connectivity index (χ4v) is 9.01. The second-order valence-electron chi connectivity index (χ2n) is 19.4. The van der Waals surface area contributed by atoms with E-state index in [1.807, 2.05) is 18.2 Å². The summed E-state index contributed by atoms with van der Waals surface area (Å²) in [6.07, 6.45) is 0.962. The average Bonchev–Trinajstić information content (AvgIpc) is 3.84. The highest BCUT2D eigenvalue weighted by Gasteiger charge is 2.35. The molecule has 0 unspecified atom stereocenters. The number of fused-ring (bicyclic) bond motifs is 1. The zero-order valence-corrected chi connectivity index (χ0v) is 45.7. The van der Waals surface area contributed by atoms with Crippen LogP contribution < -0.4 is 70.4 Å². The molecule has 0 radical (unpaired) electrons. The Labute approximate surface area is 473 Å². The van der Waals surface area contributed by atoms with Crippen LogP contribution in [0.1, 0.15) is 75.0 Å². The SMILES string of the molecule is CC(=O)N[C@@H](CCCNC(=N)N)C(=O)N[C@H]1CCC(=O)NCCC[C@@H](C(N)=O)NC(=O)[C@H](Cc2c[nH]c3ccccc23)NC(=O)[C@H](CCCNC(=N)N)NC(=O)[C@@H](Cc2ccccc2Cl)NC(=O)[C@H](COCc2ccccc2)NC1=O. The van der Waals surface area contributed by atoms with E-state index in [4.69, 9.17) is 44.4 Å². The first-order valence-electron chi connectivity index (χ1n) is 26.5. The summed E-state index contributed by atoms with van der Waals surface area (Å²) >= 11 is 6.63. The summed E-state index contributed by atoms with van der Waals surface area (Å²) < 4.78 is 5.99. The van der Waals surface area contributed by atoms with Crippen molar-refractivity contribution in [1.29, 1.82) is 10.8 Å². The van der Waals surface area contributed by atoms with Gasteiger partial charge in [0.25, 0.3) is 0 Å². The largest absolute Gasteiger partial charge is 0.374 e. The van der Waals surface area contributed by atoms with Crippen molar-refractivity contribution in [3.8, 4) is 0 Å². The van der Waals surface area contributed by atoms with Gasteiger partial charge in [-0.05, 0) is 73.8 Å². The van der Waals surface area contributed by atoms with E-state index < -0.39 is 102 Å². The number of guanidine groups is 2. The molecule has 1 aliphatic heterocycles. The highest BCUT2D eigenvalue weighted by Crippen LogP contribution is 2.21. The van der Waals surface area contributed by atoms with Gasteiger partial charge in [-0.3, -0.25) is 54.0 Å². The highest BCUT2D eigenvalue weighted by molar-refractivity contribution is 6.31. The average molecular weight is 1140 g/mol. The molecular weight excluding hydrogens is 1070 g/mol. The predicted octanol–water partition coefficient (Wildman–Crippen LogP) is -1.06. The van der Waals surface area contributed by atoms with Crippen LogP contribution in [0, 0.1) is 10.8 Å². The summed E-state index contributed by atoms with van der Waals surface area (Å²) in [5.74, 6) is -7.99. The van der Waals surface area contributed by atoms with E-state index in [-0.39, 0.29) is 107 Å². The number of nitrogens with one attached hydrogen (secondary N) is 13. The molecule has 27 heteroatoms. The normalized spacial score (nSPS) is 20.4. The molecule has 0 aliphatic carbocycles. The number of carbonyl (C=O) groups is 9. The van der Waals surface area contributed by atoms with Crippen LogP contribution in [0.5, 0.6) is 0 Å². The lowest BCUT2D eigenvalue weighted by Crippen LogP contribution is -2.61. The molecule has 3 aromatic carbocycles. The first-order valence-corrected chi connectivity index (χ1v) is 26.9. The minimum absolute atomic E-state index is 0.0308. The predicted molar refractivity (Wildman–Crippen MR) is 301 cm³/mol. The molecule has 7 atom stereocenters. The van der Waals surface area contributed by atoms with Crippen LogP contribution in [0.3, 0.4) is 0 Å². The number of halogens is 1. The Kier molecular flexibility index (Phi) is 25.2. The van der Waals surface area contributed by atoms with E-state index in [2.05, 4.69) is 58.2 Å². The summed E-state index contributed by atoms with van der Waals surface area (Å²) in [6, 6.07) is 12.7. The van der Waals surface area contributed by atoms with Crippen LogP contribution >= 0.6 is 11.6 Å². The van der Waals surface area contributed by atoms with Crippen LogP contribution in [-0.2, 0) is 67.3 Å². The number of hydrogen-bond acceptors (Lipinski definition) is 12. The summed E-state index contributed by atoms with van der Waals surface area (Å²) in [5, 5.41) is 42.7. The van der Waals surface area contributed by atoms with Gasteiger partial charge in [-0.2, -0.15) is 0 Å². The first kappa shape index (κ1) is 63.1. The quantitative estimate of drug-likeness (QED) is 0.0285. The van der Waals surface area contributed by atoms with E-state index in [0.717, 1.165) is 10.9 Å². The molecule has 1 saturated heterocycles. The monoisotopic (exact) mass is 1140 g/mol. The minimum Gasteiger partial charge on any atom is -0.374 e. The van der Waals surface area contributed by atoms with Crippen molar-refractivity contribution in [3.05, 3.63) is 107 Å². The van der Waals surface area contributed by atoms with E-state index in [9.17, 15) is 43.2 Å². The zero-order chi connectivity index (χ0) is 58.8. The van der Waals surface area contributed by atoms with Gasteiger partial charge in [0.1, 0.15) is 42.3 Å². The van der Waals surface area contributed by atoms with Crippen molar-refractivity contribution in [3.63, 3.8) is 0 Å². The van der Waals surface area contributed by atoms with Crippen molar-refractivity contribution in [2.45, 2.75) is 120 Å². The fraction of sp³-hybridized carbons (Fsp3) is 0.426. The number of primary amides is 1. The van der Waals surface area contributed by atoms with Crippen molar-refractivity contribution < 1.29 is 47.9 Å². The van der Waals surface area contributed by atoms with Gasteiger partial charge in [0.05, 0.1) is 13.2 Å². The lowest BCUT2D eigenvalue weighted by molar-refractivity contribution is -0.136. The van der Waals surface area contributed by atoms with Crippen LogP contribution in [-0.4, -0.2) is 139 Å². The molecule has 436 valence electrons. The molecule has 1 aromatic heterocycles. The third-order valence-electron chi connectivity index (χ3n) is 13.0. The topological polar surface area (TPSA) is 425 Å². The smallest absolute Gasteiger partial charge is 0.245 e. The third-order valence-corrected chi connectivity index (χ3v) is 13.4. The Morgan fingerprint density at radius 3 is 1.98 bits per heavy atom. The molecule has 0 bridgehead atoms. The number of amides is 9. The molecule has 4 aromatic rings. The van der Waals surface area contributed by atoms with E-state index in [1.165, 1.54) is 6.92 Å². The number of H-pyrrole nitrogens is 1. The first-order chi connectivity index (χ1) is 38.8. The van der Waals surface area contributed by atoms with E-state index >= 15 is 0 Å². The van der Waals surface area contributed by atoms with Crippen LogP contribution in [0.25, 0.3) is 10.9 Å². The summed E-state index contributed by atoms with van der Waals surface area (Å²) in [6.45, 7) is 0.894. The Hall–Kier alpha value is -8.78. The second-order valence-corrected chi connectivity index (χ2v) is 19.8. The molecule has 5 rings (SSSR count). The lowest BCUT2D eigenvalue weighted by Gasteiger charge is -2.28. The molecule has 0 spiro atoms. The van der Waals surface area contributed by atoms with Crippen LogP contribution in [0.15, 0.2) is 85.1 Å². The Morgan fingerprint density at radius 1 is 0.704 bits per heavy atom. The van der Waals surface area contributed by atoms with Gasteiger partial charge in [-0.25, -0.2) is 0 Å². The summed E-state index contributed by atoms with van der Waals surface area (Å²) in [5.41, 5.74) is 19.2. The fourth-order valence-electron chi connectivity index (χ4n) is 8.80. The molecule has 1 aliphatic rings. The minimum atomic E-state index is -1.60. The Bertz CT molecular complexity index is 2850. The van der Waals surface area contributed by atoms with Crippen molar-refractivity contribution >= 4 is 87.6 Å². The maximum absolute atomic E-state index is 14.9. The number of aromatic nitrogens is 1. The molecule has 1 fully saturated rings. The van der Waals surface area contributed by atoms with Gasteiger partial charge in [-0.1, -0.05) is 78.3 Å². The number of ether oxygens (including phenoxy) is 1. The number of nitrogens with two attached hydrogens (primary N) is 3. The van der Waals surface area contributed by atoms with Crippen molar-refractivity contribution in [1.82, 2.24) is 58.2 Å². The summed E-state index contributed by atoms with van der Waals surface area (Å²) in [4.78, 5) is 129.